The SMILES string of the molecule is Cc1cc(OC[C@@]2(CC(N)=O)CN(C(=O)c3cc(CC(C)C)nn3C)CCO2)ccc1Cl. The first-order valence-electron chi connectivity index (χ1n) is 10.7. The van der Waals surface area contributed by atoms with Crippen LogP contribution in [0.4, 0.5) is 0 Å². The number of aromatic nitrogens is 2. The molecular formula is C23H31ClN4O4. The maximum atomic E-state index is 13.3. The molecule has 0 saturated carbocycles. The molecule has 0 bridgehead atoms. The molecule has 1 aromatic heterocycles. The van der Waals surface area contributed by atoms with E-state index in [0.717, 1.165) is 17.7 Å². The third kappa shape index (κ3) is 5.81. The number of morpholine rings is 1. The van der Waals surface area contributed by atoms with Crippen molar-refractivity contribution >= 4 is 23.4 Å². The average molecular weight is 463 g/mol. The number of aryl methyl sites for hydroxylation is 2. The fourth-order valence-corrected chi connectivity index (χ4v) is 4.03. The highest BCUT2D eigenvalue weighted by Crippen LogP contribution is 2.27. The first-order valence-corrected chi connectivity index (χ1v) is 11.1. The average Bonchev–Trinajstić information content (AvgIpc) is 3.07. The maximum Gasteiger partial charge on any atom is 0.272 e. The highest BCUT2D eigenvalue weighted by molar-refractivity contribution is 6.31. The Kier molecular flexibility index (Phi) is 7.46. The summed E-state index contributed by atoms with van der Waals surface area (Å²) in [4.78, 5) is 26.8. The standard InChI is InChI=1S/C23H31ClN4O4/c1-15(2)9-17-11-20(27(4)26-17)22(30)28-7-8-32-23(13-28,12-21(25)29)14-31-18-5-6-19(24)16(3)10-18/h5-6,10-11,15H,7-9,12-14H2,1-4H3,(H2,25,29)/t23-/m1/s1. The molecule has 2 aromatic rings. The molecule has 1 fully saturated rings. The van der Waals surface area contributed by atoms with Gasteiger partial charge >= 0.3 is 0 Å². The molecule has 3 rings (SSSR count). The lowest BCUT2D eigenvalue weighted by Gasteiger charge is -2.41. The van der Waals surface area contributed by atoms with Crippen molar-refractivity contribution in [2.75, 3.05) is 26.3 Å². The summed E-state index contributed by atoms with van der Waals surface area (Å²) in [6.07, 6.45) is 0.734. The fourth-order valence-electron chi connectivity index (χ4n) is 3.91. The zero-order valence-electron chi connectivity index (χ0n) is 19.1. The van der Waals surface area contributed by atoms with Crippen molar-refractivity contribution in [2.45, 2.75) is 39.2 Å². The van der Waals surface area contributed by atoms with Crippen LogP contribution in [0.5, 0.6) is 5.75 Å². The molecule has 0 spiro atoms. The van der Waals surface area contributed by atoms with Crippen LogP contribution in [0.25, 0.3) is 0 Å². The Balaban J connectivity index is 1.78. The first kappa shape index (κ1) is 24.1. The van der Waals surface area contributed by atoms with Crippen molar-refractivity contribution in [1.82, 2.24) is 14.7 Å². The summed E-state index contributed by atoms with van der Waals surface area (Å²) in [5, 5.41) is 5.11. The first-order chi connectivity index (χ1) is 15.1. The number of nitrogens with two attached hydrogens (primary N) is 1. The van der Waals surface area contributed by atoms with Gasteiger partial charge in [0, 0.05) is 18.6 Å². The Bertz CT molecular complexity index is 990. The molecule has 1 aromatic carbocycles. The van der Waals surface area contributed by atoms with Crippen LogP contribution < -0.4 is 10.5 Å². The Labute approximate surface area is 193 Å². The van der Waals surface area contributed by atoms with Crippen LogP contribution in [0.3, 0.4) is 0 Å². The molecule has 1 aliphatic rings. The number of benzene rings is 1. The molecule has 1 atom stereocenters. The number of carbonyl (C=O) groups is 2. The Morgan fingerprint density at radius 3 is 2.75 bits per heavy atom. The lowest BCUT2D eigenvalue weighted by molar-refractivity contribution is -0.142. The Morgan fingerprint density at radius 1 is 1.34 bits per heavy atom. The number of primary amides is 1. The molecule has 8 nitrogen and oxygen atoms in total. The molecule has 2 heterocycles. The zero-order chi connectivity index (χ0) is 23.5. The van der Waals surface area contributed by atoms with E-state index in [1.54, 1.807) is 28.8 Å². The molecule has 1 aliphatic heterocycles. The molecule has 174 valence electrons. The number of hydrogen-bond acceptors (Lipinski definition) is 5. The third-order valence-corrected chi connectivity index (χ3v) is 5.85. The van der Waals surface area contributed by atoms with Gasteiger partial charge in [0.15, 0.2) is 0 Å². The number of nitrogens with zero attached hydrogens (tertiary/aromatic N) is 3. The molecule has 0 radical (unpaired) electrons. The summed E-state index contributed by atoms with van der Waals surface area (Å²) < 4.78 is 13.5. The van der Waals surface area contributed by atoms with Gasteiger partial charge in [-0.2, -0.15) is 5.10 Å². The zero-order valence-corrected chi connectivity index (χ0v) is 19.8. The van der Waals surface area contributed by atoms with Gasteiger partial charge in [-0.05, 0) is 49.1 Å². The van der Waals surface area contributed by atoms with E-state index >= 15 is 0 Å². The van der Waals surface area contributed by atoms with E-state index in [1.165, 1.54) is 0 Å². The Morgan fingerprint density at radius 2 is 2.09 bits per heavy atom. The van der Waals surface area contributed by atoms with Crippen molar-refractivity contribution < 1.29 is 19.1 Å². The summed E-state index contributed by atoms with van der Waals surface area (Å²) in [5.74, 6) is 0.366. The number of ether oxygens (including phenoxy) is 2. The summed E-state index contributed by atoms with van der Waals surface area (Å²) in [6.45, 7) is 7.05. The van der Waals surface area contributed by atoms with E-state index in [0.29, 0.717) is 28.9 Å². The lowest BCUT2D eigenvalue weighted by atomic mass is 9.97. The van der Waals surface area contributed by atoms with Crippen molar-refractivity contribution in [3.63, 3.8) is 0 Å². The predicted octanol–water partition coefficient (Wildman–Crippen LogP) is 2.75. The van der Waals surface area contributed by atoms with Gasteiger partial charge in [0.2, 0.25) is 5.91 Å². The van der Waals surface area contributed by atoms with Crippen molar-refractivity contribution in [1.29, 1.82) is 0 Å². The van der Waals surface area contributed by atoms with Crippen molar-refractivity contribution in [2.24, 2.45) is 18.7 Å². The summed E-state index contributed by atoms with van der Waals surface area (Å²) >= 11 is 6.09. The van der Waals surface area contributed by atoms with Gasteiger partial charge in [0.05, 0.1) is 25.3 Å². The van der Waals surface area contributed by atoms with Crippen LogP contribution >= 0.6 is 11.6 Å². The summed E-state index contributed by atoms with van der Waals surface area (Å²) in [6, 6.07) is 7.16. The molecule has 32 heavy (non-hydrogen) atoms. The topological polar surface area (TPSA) is 99.7 Å². The number of amides is 2. The van der Waals surface area contributed by atoms with Gasteiger partial charge in [0.25, 0.3) is 5.91 Å². The molecule has 9 heteroatoms. The van der Waals surface area contributed by atoms with E-state index in [4.69, 9.17) is 26.8 Å². The normalized spacial score (nSPS) is 18.8. The van der Waals surface area contributed by atoms with Crippen LogP contribution in [-0.2, 0) is 23.0 Å². The van der Waals surface area contributed by atoms with Gasteiger partial charge in [-0.1, -0.05) is 25.4 Å². The maximum absolute atomic E-state index is 13.3. The van der Waals surface area contributed by atoms with Gasteiger partial charge in [-0.25, -0.2) is 0 Å². The van der Waals surface area contributed by atoms with Crippen LogP contribution in [0.15, 0.2) is 24.3 Å². The van der Waals surface area contributed by atoms with Crippen molar-refractivity contribution in [3.05, 3.63) is 46.2 Å². The number of rotatable bonds is 8. The van der Waals surface area contributed by atoms with Crippen LogP contribution in [0.1, 0.15) is 42.0 Å². The quantitative estimate of drug-likeness (QED) is 0.650. The van der Waals surface area contributed by atoms with Gasteiger partial charge < -0.3 is 20.1 Å². The van der Waals surface area contributed by atoms with Gasteiger partial charge in [-0.3, -0.25) is 14.3 Å². The van der Waals surface area contributed by atoms with E-state index in [2.05, 4.69) is 18.9 Å². The highest BCUT2D eigenvalue weighted by atomic mass is 35.5. The van der Waals surface area contributed by atoms with Crippen LogP contribution in [-0.4, -0.2) is 58.4 Å². The second-order valence-electron chi connectivity index (χ2n) is 8.84. The molecule has 1 saturated heterocycles. The summed E-state index contributed by atoms with van der Waals surface area (Å²) in [5.41, 5.74) is 6.74. The van der Waals surface area contributed by atoms with Crippen LogP contribution in [0.2, 0.25) is 5.02 Å². The minimum Gasteiger partial charge on any atom is -0.490 e. The predicted molar refractivity (Wildman–Crippen MR) is 122 cm³/mol. The van der Waals surface area contributed by atoms with Gasteiger partial charge in [-0.15, -0.1) is 0 Å². The lowest BCUT2D eigenvalue weighted by Crippen LogP contribution is -2.58. The molecular weight excluding hydrogens is 432 g/mol. The molecule has 2 N–H and O–H groups in total. The highest BCUT2D eigenvalue weighted by Gasteiger charge is 2.41. The Hall–Kier alpha value is -2.58. The van der Waals surface area contributed by atoms with E-state index in [-0.39, 0.29) is 32.1 Å². The van der Waals surface area contributed by atoms with E-state index < -0.39 is 11.5 Å². The third-order valence-electron chi connectivity index (χ3n) is 5.43. The number of carbonyl (C=O) groups excluding carboxylic acids is 2. The second kappa shape index (κ2) is 9.92. The fraction of sp³-hybridized carbons (Fsp3) is 0.522. The number of halogens is 1. The molecule has 2 amide bonds. The molecule has 0 unspecified atom stereocenters. The van der Waals surface area contributed by atoms with E-state index in [1.807, 2.05) is 19.1 Å². The van der Waals surface area contributed by atoms with E-state index in [9.17, 15) is 9.59 Å². The van der Waals surface area contributed by atoms with Crippen LogP contribution in [0, 0.1) is 12.8 Å². The monoisotopic (exact) mass is 462 g/mol. The second-order valence-corrected chi connectivity index (χ2v) is 9.25. The summed E-state index contributed by atoms with van der Waals surface area (Å²) in [7, 11) is 1.76. The minimum absolute atomic E-state index is 0.0622. The minimum atomic E-state index is -1.04. The van der Waals surface area contributed by atoms with Crippen molar-refractivity contribution in [3.8, 4) is 5.75 Å². The molecule has 0 aliphatic carbocycles. The number of hydrogen-bond donors (Lipinski definition) is 1. The largest absolute Gasteiger partial charge is 0.490 e. The van der Waals surface area contributed by atoms with Gasteiger partial charge in [0.1, 0.15) is 23.7 Å². The smallest absolute Gasteiger partial charge is 0.272 e.